The van der Waals surface area contributed by atoms with Crippen LogP contribution >= 0.6 is 11.6 Å². The highest BCUT2D eigenvalue weighted by atomic mass is 35.5. The normalized spacial score (nSPS) is 10.9. The van der Waals surface area contributed by atoms with Crippen molar-refractivity contribution in [3.05, 3.63) is 94.7 Å². The molecule has 0 radical (unpaired) electrons. The third kappa shape index (κ3) is 3.84. The summed E-state index contributed by atoms with van der Waals surface area (Å²) in [5, 5.41) is 3.40. The summed E-state index contributed by atoms with van der Waals surface area (Å²) in [7, 11) is 0. The van der Waals surface area contributed by atoms with Gasteiger partial charge in [0, 0.05) is 16.0 Å². The molecule has 0 saturated heterocycles. The number of benzene rings is 3. The fourth-order valence-electron chi connectivity index (χ4n) is 3.51. The summed E-state index contributed by atoms with van der Waals surface area (Å²) < 4.78 is 5.69. The predicted molar refractivity (Wildman–Crippen MR) is 118 cm³/mol. The molecule has 1 N–H and O–H groups in total. The number of para-hydroxylation sites is 2. The van der Waals surface area contributed by atoms with Crippen molar-refractivity contribution in [2.75, 3.05) is 5.01 Å². The molecule has 4 rings (SSSR count). The lowest BCUT2D eigenvalue weighted by Gasteiger charge is -2.25. The van der Waals surface area contributed by atoms with Gasteiger partial charge in [0.05, 0.1) is 24.1 Å². The molecule has 29 heavy (non-hydrogen) atoms. The SMILES string of the molecule is Cc1cc2occ(CC(=O)NN(c3ccccc3)c3ccccc3)c2c(C)c1Cl. The van der Waals surface area contributed by atoms with Crippen LogP contribution in [0.4, 0.5) is 11.4 Å². The first-order valence-corrected chi connectivity index (χ1v) is 9.78. The maximum atomic E-state index is 12.9. The van der Waals surface area contributed by atoms with Gasteiger partial charge in [0.1, 0.15) is 5.58 Å². The van der Waals surface area contributed by atoms with E-state index in [0.717, 1.165) is 39.0 Å². The Morgan fingerprint density at radius 2 is 1.59 bits per heavy atom. The topological polar surface area (TPSA) is 45.5 Å². The maximum Gasteiger partial charge on any atom is 0.243 e. The molecule has 0 bridgehead atoms. The number of hydrazine groups is 1. The first-order valence-electron chi connectivity index (χ1n) is 9.40. The molecule has 0 aliphatic carbocycles. The Balaban J connectivity index is 1.63. The van der Waals surface area contributed by atoms with Crippen molar-refractivity contribution < 1.29 is 9.21 Å². The van der Waals surface area contributed by atoms with Gasteiger partial charge in [0.25, 0.3) is 0 Å². The van der Waals surface area contributed by atoms with E-state index in [4.69, 9.17) is 16.0 Å². The molecular formula is C24H21ClN2O2. The van der Waals surface area contributed by atoms with E-state index < -0.39 is 0 Å². The smallest absolute Gasteiger partial charge is 0.243 e. The Morgan fingerprint density at radius 1 is 1.00 bits per heavy atom. The summed E-state index contributed by atoms with van der Waals surface area (Å²) in [5.74, 6) is -0.142. The number of nitrogens with one attached hydrogen (secondary N) is 1. The van der Waals surface area contributed by atoms with Crippen molar-refractivity contribution >= 4 is 39.9 Å². The molecule has 0 aliphatic heterocycles. The standard InChI is InChI=1S/C24H21ClN2O2/c1-16-13-21-23(17(2)24(16)25)18(15-29-21)14-22(28)26-27(19-9-5-3-6-10-19)20-11-7-4-8-12-20/h3-13,15H,14H2,1-2H3,(H,26,28). The maximum absolute atomic E-state index is 12.9. The van der Waals surface area contributed by atoms with Crippen LogP contribution in [0.3, 0.4) is 0 Å². The Labute approximate surface area is 174 Å². The Kier molecular flexibility index (Phi) is 5.28. The number of halogens is 1. The lowest BCUT2D eigenvalue weighted by Crippen LogP contribution is -2.39. The van der Waals surface area contributed by atoms with E-state index in [1.165, 1.54) is 0 Å². The predicted octanol–water partition coefficient (Wildman–Crippen LogP) is 6.12. The average Bonchev–Trinajstić information content (AvgIpc) is 3.13. The van der Waals surface area contributed by atoms with E-state index in [1.807, 2.05) is 80.6 Å². The molecular weight excluding hydrogens is 384 g/mol. The van der Waals surface area contributed by atoms with Crippen molar-refractivity contribution in [3.8, 4) is 0 Å². The van der Waals surface area contributed by atoms with Crippen LogP contribution < -0.4 is 10.4 Å². The Hall–Kier alpha value is -3.24. The van der Waals surface area contributed by atoms with Gasteiger partial charge in [-0.25, -0.2) is 0 Å². The molecule has 0 aliphatic rings. The first kappa shape index (κ1) is 19.1. The van der Waals surface area contributed by atoms with Gasteiger partial charge in [-0.1, -0.05) is 48.0 Å². The van der Waals surface area contributed by atoms with Gasteiger partial charge >= 0.3 is 0 Å². The summed E-state index contributed by atoms with van der Waals surface area (Å²) in [6, 6.07) is 21.4. The van der Waals surface area contributed by atoms with Gasteiger partial charge < -0.3 is 4.42 Å². The number of hydrogen-bond acceptors (Lipinski definition) is 3. The van der Waals surface area contributed by atoms with Crippen LogP contribution in [0.15, 0.2) is 77.4 Å². The average molecular weight is 405 g/mol. The van der Waals surface area contributed by atoms with Crippen LogP contribution in [0.2, 0.25) is 5.02 Å². The van der Waals surface area contributed by atoms with Gasteiger partial charge in [-0.15, -0.1) is 0 Å². The number of anilines is 2. The summed E-state index contributed by atoms with van der Waals surface area (Å²) in [4.78, 5) is 12.9. The lowest BCUT2D eigenvalue weighted by atomic mass is 10.0. The largest absolute Gasteiger partial charge is 0.464 e. The zero-order chi connectivity index (χ0) is 20.4. The van der Waals surface area contributed by atoms with Crippen molar-refractivity contribution in [2.45, 2.75) is 20.3 Å². The molecule has 3 aromatic carbocycles. The number of rotatable bonds is 5. The van der Waals surface area contributed by atoms with Gasteiger partial charge in [0.15, 0.2) is 0 Å². The number of aryl methyl sites for hydroxylation is 2. The van der Waals surface area contributed by atoms with E-state index in [2.05, 4.69) is 5.43 Å². The summed E-state index contributed by atoms with van der Waals surface area (Å²) >= 11 is 6.42. The summed E-state index contributed by atoms with van der Waals surface area (Å²) in [5.41, 5.74) is 8.22. The van der Waals surface area contributed by atoms with Crippen molar-refractivity contribution in [2.24, 2.45) is 0 Å². The molecule has 4 nitrogen and oxygen atoms in total. The number of carbonyl (C=O) groups excluding carboxylic acids is 1. The quantitative estimate of drug-likeness (QED) is 0.408. The van der Waals surface area contributed by atoms with Crippen LogP contribution in [0, 0.1) is 13.8 Å². The number of furan rings is 1. The molecule has 4 aromatic rings. The van der Waals surface area contributed by atoms with Crippen LogP contribution in [-0.4, -0.2) is 5.91 Å². The van der Waals surface area contributed by atoms with Crippen LogP contribution in [0.5, 0.6) is 0 Å². The lowest BCUT2D eigenvalue weighted by molar-refractivity contribution is -0.120. The Bertz CT molecular complexity index is 1110. The highest BCUT2D eigenvalue weighted by Crippen LogP contribution is 2.33. The number of fused-ring (bicyclic) bond motifs is 1. The van der Waals surface area contributed by atoms with E-state index in [1.54, 1.807) is 11.3 Å². The summed E-state index contributed by atoms with van der Waals surface area (Å²) in [6.45, 7) is 3.90. The number of nitrogens with zero attached hydrogens (tertiary/aromatic N) is 1. The molecule has 0 fully saturated rings. The van der Waals surface area contributed by atoms with E-state index in [9.17, 15) is 4.79 Å². The van der Waals surface area contributed by atoms with E-state index >= 15 is 0 Å². The first-order chi connectivity index (χ1) is 14.0. The fourth-order valence-corrected chi connectivity index (χ4v) is 3.66. The van der Waals surface area contributed by atoms with Gasteiger partial charge in [-0.3, -0.25) is 15.2 Å². The molecule has 0 spiro atoms. The number of amides is 1. The monoisotopic (exact) mass is 404 g/mol. The second-order valence-corrected chi connectivity index (χ2v) is 7.36. The van der Waals surface area contributed by atoms with Gasteiger partial charge in [-0.2, -0.15) is 0 Å². The highest BCUT2D eigenvalue weighted by molar-refractivity contribution is 6.33. The molecule has 0 unspecified atom stereocenters. The summed E-state index contributed by atoms with van der Waals surface area (Å²) in [6.07, 6.45) is 1.83. The van der Waals surface area contributed by atoms with E-state index in [-0.39, 0.29) is 12.3 Å². The van der Waals surface area contributed by atoms with Crippen molar-refractivity contribution in [3.63, 3.8) is 0 Å². The van der Waals surface area contributed by atoms with Gasteiger partial charge in [0.2, 0.25) is 5.91 Å². The van der Waals surface area contributed by atoms with Gasteiger partial charge in [-0.05, 0) is 55.3 Å². The minimum Gasteiger partial charge on any atom is -0.464 e. The minimum atomic E-state index is -0.142. The highest BCUT2D eigenvalue weighted by Gasteiger charge is 2.18. The van der Waals surface area contributed by atoms with Crippen molar-refractivity contribution in [1.29, 1.82) is 0 Å². The number of hydrogen-bond donors (Lipinski definition) is 1. The zero-order valence-electron chi connectivity index (χ0n) is 16.3. The molecule has 1 heterocycles. The molecule has 1 amide bonds. The van der Waals surface area contributed by atoms with Crippen LogP contribution in [0.25, 0.3) is 11.0 Å². The molecule has 146 valence electrons. The Morgan fingerprint density at radius 3 is 2.17 bits per heavy atom. The second-order valence-electron chi connectivity index (χ2n) is 6.98. The van der Waals surface area contributed by atoms with E-state index in [0.29, 0.717) is 5.02 Å². The zero-order valence-corrected chi connectivity index (χ0v) is 17.0. The molecule has 5 heteroatoms. The number of carbonyl (C=O) groups is 1. The van der Waals surface area contributed by atoms with Crippen molar-refractivity contribution in [1.82, 2.24) is 5.43 Å². The second kappa shape index (κ2) is 8.02. The van der Waals surface area contributed by atoms with Crippen LogP contribution in [0.1, 0.15) is 16.7 Å². The third-order valence-electron chi connectivity index (χ3n) is 4.91. The molecule has 0 saturated carbocycles. The molecule has 1 aromatic heterocycles. The fraction of sp³-hybridized carbons (Fsp3) is 0.125. The van der Waals surface area contributed by atoms with Crippen LogP contribution in [-0.2, 0) is 11.2 Å². The molecule has 0 atom stereocenters. The minimum absolute atomic E-state index is 0.142. The third-order valence-corrected chi connectivity index (χ3v) is 5.49.